The van der Waals surface area contributed by atoms with Gasteiger partial charge in [-0.1, -0.05) is 22.9 Å². The Morgan fingerprint density at radius 2 is 2.11 bits per heavy atom. The Morgan fingerprint density at radius 1 is 1.44 bits per heavy atom. The minimum atomic E-state index is -0.298. The molecular formula is C14H17BrFNO. The number of halogens is 2. The van der Waals surface area contributed by atoms with Crippen molar-refractivity contribution in [2.45, 2.75) is 26.2 Å². The first-order chi connectivity index (χ1) is 8.56. The van der Waals surface area contributed by atoms with Crippen LogP contribution in [-0.2, 0) is 11.2 Å². The molecule has 1 aromatic rings. The first-order valence-corrected chi connectivity index (χ1v) is 7.07. The Kier molecular flexibility index (Phi) is 4.38. The lowest BCUT2D eigenvalue weighted by atomic mass is 9.98. The maximum atomic E-state index is 13.1. The fourth-order valence-electron chi connectivity index (χ4n) is 2.21. The van der Waals surface area contributed by atoms with Crippen molar-refractivity contribution < 1.29 is 9.18 Å². The van der Waals surface area contributed by atoms with E-state index in [2.05, 4.69) is 22.9 Å². The lowest BCUT2D eigenvalue weighted by Gasteiger charge is -2.30. The third-order valence-electron chi connectivity index (χ3n) is 3.49. The zero-order chi connectivity index (χ0) is 13.1. The molecule has 2 nitrogen and oxygen atoms in total. The van der Waals surface area contributed by atoms with Crippen LogP contribution in [0.1, 0.15) is 25.3 Å². The van der Waals surface area contributed by atoms with Gasteiger partial charge in [-0.2, -0.15) is 0 Å². The third kappa shape index (κ3) is 3.31. The minimum Gasteiger partial charge on any atom is -0.342 e. The van der Waals surface area contributed by atoms with E-state index in [0.29, 0.717) is 5.92 Å². The molecule has 0 bridgehead atoms. The fraction of sp³-hybridized carbons (Fsp3) is 0.500. The van der Waals surface area contributed by atoms with E-state index < -0.39 is 0 Å². The number of carbonyl (C=O) groups excluding carboxylic acids is 1. The van der Waals surface area contributed by atoms with Crippen molar-refractivity contribution in [3.63, 3.8) is 0 Å². The van der Waals surface area contributed by atoms with E-state index in [1.807, 2.05) is 4.90 Å². The Balaban J connectivity index is 2.00. The highest BCUT2D eigenvalue weighted by atomic mass is 79.9. The number of benzene rings is 1. The summed E-state index contributed by atoms with van der Waals surface area (Å²) < 4.78 is 13.9. The van der Waals surface area contributed by atoms with Crippen LogP contribution in [0.3, 0.4) is 0 Å². The van der Waals surface area contributed by atoms with E-state index in [4.69, 9.17) is 0 Å². The molecule has 0 unspecified atom stereocenters. The molecule has 1 aliphatic rings. The second-order valence-corrected chi connectivity index (χ2v) is 5.83. The lowest BCUT2D eigenvalue weighted by Crippen LogP contribution is -2.38. The van der Waals surface area contributed by atoms with E-state index in [0.717, 1.165) is 36.0 Å². The largest absolute Gasteiger partial charge is 0.342 e. The number of carbonyl (C=O) groups is 1. The molecule has 1 aliphatic heterocycles. The second-order valence-electron chi connectivity index (χ2n) is 4.98. The Bertz CT molecular complexity index is 441. The van der Waals surface area contributed by atoms with E-state index >= 15 is 0 Å². The number of piperidine rings is 1. The Hall–Kier alpha value is -0.900. The van der Waals surface area contributed by atoms with Gasteiger partial charge in [0.25, 0.3) is 0 Å². The SMILES string of the molecule is CC1CCN(C(=O)Cc2cc(F)ccc2Br)CC1. The number of nitrogens with zero attached hydrogens (tertiary/aromatic N) is 1. The van der Waals surface area contributed by atoms with Crippen LogP contribution in [0.15, 0.2) is 22.7 Å². The standard InChI is InChI=1S/C14H17BrFNO/c1-10-4-6-17(7-5-10)14(18)9-11-8-12(16)2-3-13(11)15/h2-3,8,10H,4-7,9H2,1H3. The predicted octanol–water partition coefficient (Wildman–Crippen LogP) is 3.39. The number of rotatable bonds is 2. The van der Waals surface area contributed by atoms with Gasteiger partial charge in [-0.3, -0.25) is 4.79 Å². The molecule has 0 aromatic heterocycles. The minimum absolute atomic E-state index is 0.0909. The van der Waals surface area contributed by atoms with Crippen LogP contribution < -0.4 is 0 Å². The second kappa shape index (κ2) is 5.83. The molecule has 98 valence electrons. The molecule has 4 heteroatoms. The summed E-state index contributed by atoms with van der Waals surface area (Å²) >= 11 is 3.36. The molecular weight excluding hydrogens is 297 g/mol. The highest BCUT2D eigenvalue weighted by molar-refractivity contribution is 9.10. The van der Waals surface area contributed by atoms with Crippen molar-refractivity contribution in [2.75, 3.05) is 13.1 Å². The van der Waals surface area contributed by atoms with E-state index in [-0.39, 0.29) is 18.1 Å². The van der Waals surface area contributed by atoms with Crippen molar-refractivity contribution in [2.24, 2.45) is 5.92 Å². The maximum absolute atomic E-state index is 13.1. The van der Waals surface area contributed by atoms with Crippen LogP contribution in [0.2, 0.25) is 0 Å². The summed E-state index contributed by atoms with van der Waals surface area (Å²) in [5.41, 5.74) is 0.721. The van der Waals surface area contributed by atoms with Crippen molar-refractivity contribution in [1.82, 2.24) is 4.90 Å². The van der Waals surface area contributed by atoms with Crippen LogP contribution in [-0.4, -0.2) is 23.9 Å². The smallest absolute Gasteiger partial charge is 0.227 e. The lowest BCUT2D eigenvalue weighted by molar-refractivity contribution is -0.131. The molecule has 1 aromatic carbocycles. The van der Waals surface area contributed by atoms with E-state index in [9.17, 15) is 9.18 Å². The molecule has 0 radical (unpaired) electrons. The highest BCUT2D eigenvalue weighted by Gasteiger charge is 2.20. The van der Waals surface area contributed by atoms with Crippen LogP contribution in [0.25, 0.3) is 0 Å². The Morgan fingerprint density at radius 3 is 2.78 bits per heavy atom. The van der Waals surface area contributed by atoms with Gasteiger partial charge in [-0.25, -0.2) is 4.39 Å². The summed E-state index contributed by atoms with van der Waals surface area (Å²) in [5.74, 6) is 0.497. The van der Waals surface area contributed by atoms with Crippen molar-refractivity contribution >= 4 is 21.8 Å². The summed E-state index contributed by atoms with van der Waals surface area (Å²) in [7, 11) is 0. The number of likely N-dealkylation sites (tertiary alicyclic amines) is 1. The zero-order valence-corrected chi connectivity index (χ0v) is 12.0. The summed E-state index contributed by atoms with van der Waals surface area (Å²) in [6, 6.07) is 4.46. The van der Waals surface area contributed by atoms with Gasteiger partial charge in [-0.15, -0.1) is 0 Å². The van der Waals surface area contributed by atoms with E-state index in [1.54, 1.807) is 6.07 Å². The zero-order valence-electron chi connectivity index (χ0n) is 10.5. The first kappa shape index (κ1) is 13.5. The van der Waals surface area contributed by atoms with Crippen molar-refractivity contribution in [3.8, 4) is 0 Å². The molecule has 0 atom stereocenters. The maximum Gasteiger partial charge on any atom is 0.227 e. The van der Waals surface area contributed by atoms with Crippen molar-refractivity contribution in [1.29, 1.82) is 0 Å². The molecule has 0 spiro atoms. The number of amides is 1. The van der Waals surface area contributed by atoms with Gasteiger partial charge in [0, 0.05) is 17.6 Å². The Labute approximate surface area is 115 Å². The van der Waals surface area contributed by atoms with Gasteiger partial charge in [0.2, 0.25) is 5.91 Å². The molecule has 2 rings (SSSR count). The molecule has 0 N–H and O–H groups in total. The van der Waals surface area contributed by atoms with Crippen LogP contribution in [0.4, 0.5) is 4.39 Å². The van der Waals surface area contributed by atoms with Gasteiger partial charge in [-0.05, 0) is 42.5 Å². The van der Waals surface area contributed by atoms with Crippen molar-refractivity contribution in [3.05, 3.63) is 34.1 Å². The number of hydrogen-bond donors (Lipinski definition) is 0. The van der Waals surface area contributed by atoms with Crippen LogP contribution in [0, 0.1) is 11.7 Å². The number of hydrogen-bond acceptors (Lipinski definition) is 1. The quantitative estimate of drug-likeness (QED) is 0.819. The average molecular weight is 314 g/mol. The van der Waals surface area contributed by atoms with Gasteiger partial charge in [0.1, 0.15) is 5.82 Å². The average Bonchev–Trinajstić information content (AvgIpc) is 2.34. The summed E-state index contributed by atoms with van der Waals surface area (Å²) in [4.78, 5) is 14.0. The summed E-state index contributed by atoms with van der Waals surface area (Å²) in [6.45, 7) is 3.87. The van der Waals surface area contributed by atoms with Gasteiger partial charge >= 0.3 is 0 Å². The normalized spacial score (nSPS) is 16.9. The predicted molar refractivity (Wildman–Crippen MR) is 72.8 cm³/mol. The van der Waals surface area contributed by atoms with Gasteiger partial charge in [0.05, 0.1) is 6.42 Å². The summed E-state index contributed by atoms with van der Waals surface area (Å²) in [5, 5.41) is 0. The molecule has 0 aliphatic carbocycles. The molecule has 18 heavy (non-hydrogen) atoms. The van der Waals surface area contributed by atoms with Gasteiger partial charge in [0.15, 0.2) is 0 Å². The molecule has 1 amide bonds. The van der Waals surface area contributed by atoms with E-state index in [1.165, 1.54) is 12.1 Å². The molecule has 1 fully saturated rings. The topological polar surface area (TPSA) is 20.3 Å². The van der Waals surface area contributed by atoms with Crippen LogP contribution >= 0.6 is 15.9 Å². The molecule has 0 saturated carbocycles. The van der Waals surface area contributed by atoms with Crippen LogP contribution in [0.5, 0.6) is 0 Å². The summed E-state index contributed by atoms with van der Waals surface area (Å²) in [6.07, 6.45) is 2.40. The molecule has 1 saturated heterocycles. The first-order valence-electron chi connectivity index (χ1n) is 6.28. The fourth-order valence-corrected chi connectivity index (χ4v) is 2.60. The monoisotopic (exact) mass is 313 g/mol. The third-order valence-corrected chi connectivity index (χ3v) is 4.26. The molecule has 1 heterocycles. The highest BCUT2D eigenvalue weighted by Crippen LogP contribution is 2.21. The van der Waals surface area contributed by atoms with Gasteiger partial charge < -0.3 is 4.90 Å².